The smallest absolute Gasteiger partial charge is 0.320 e. The van der Waals surface area contributed by atoms with Crippen molar-refractivity contribution in [3.63, 3.8) is 0 Å². The van der Waals surface area contributed by atoms with Gasteiger partial charge in [0.15, 0.2) is 0 Å². The molecule has 3 N–H and O–H groups in total. The van der Waals surface area contributed by atoms with Crippen molar-refractivity contribution >= 4 is 17.7 Å². The van der Waals surface area contributed by atoms with Crippen molar-refractivity contribution in [2.75, 3.05) is 25.2 Å². The average molecular weight is 299 g/mol. The monoisotopic (exact) mass is 299 g/mol. The fourth-order valence-electron chi connectivity index (χ4n) is 1.59. The van der Waals surface area contributed by atoms with Crippen LogP contribution in [0, 0.1) is 0 Å². The summed E-state index contributed by atoms with van der Waals surface area (Å²) in [5, 5.41) is 21.7. The number of thioether (sulfide) groups is 1. The van der Waals surface area contributed by atoms with Gasteiger partial charge >= 0.3 is 5.97 Å². The molecule has 0 spiro atoms. The van der Waals surface area contributed by atoms with E-state index in [-0.39, 0.29) is 13.2 Å². The Hall–Kier alpha value is -1.24. The molecule has 112 valence electrons. The second kappa shape index (κ2) is 9.63. The van der Waals surface area contributed by atoms with E-state index in [1.165, 1.54) is 0 Å². The van der Waals surface area contributed by atoms with E-state index >= 15 is 0 Å². The lowest BCUT2D eigenvalue weighted by molar-refractivity contribution is -0.139. The standard InChI is InChI=1S/C14H21NO4S/c1-20-8-7-13(14(17)18)15-9-11(16)10-19-12-5-3-2-4-6-12/h2-6,11,13,15-16H,7-10H2,1H3,(H,17,18). The first kappa shape index (κ1) is 16.8. The van der Waals surface area contributed by atoms with Gasteiger partial charge in [0.25, 0.3) is 0 Å². The van der Waals surface area contributed by atoms with Crippen molar-refractivity contribution in [3.8, 4) is 5.75 Å². The van der Waals surface area contributed by atoms with E-state index < -0.39 is 18.1 Å². The summed E-state index contributed by atoms with van der Waals surface area (Å²) in [5.74, 6) is 0.555. The summed E-state index contributed by atoms with van der Waals surface area (Å²) < 4.78 is 5.40. The number of carboxylic acids is 1. The van der Waals surface area contributed by atoms with Crippen molar-refractivity contribution in [2.45, 2.75) is 18.6 Å². The van der Waals surface area contributed by atoms with Gasteiger partial charge in [-0.3, -0.25) is 4.79 Å². The molecule has 1 aromatic carbocycles. The predicted octanol–water partition coefficient (Wildman–Crippen LogP) is 1.22. The molecule has 0 radical (unpaired) electrons. The second-order valence-electron chi connectivity index (χ2n) is 4.36. The molecule has 2 atom stereocenters. The molecule has 0 amide bonds. The lowest BCUT2D eigenvalue weighted by Gasteiger charge is -2.17. The second-order valence-corrected chi connectivity index (χ2v) is 5.34. The Morgan fingerprint density at radius 1 is 1.40 bits per heavy atom. The van der Waals surface area contributed by atoms with Gasteiger partial charge in [-0.1, -0.05) is 18.2 Å². The molecular weight excluding hydrogens is 278 g/mol. The minimum atomic E-state index is -0.893. The predicted molar refractivity (Wildman–Crippen MR) is 80.4 cm³/mol. The number of carbonyl (C=O) groups is 1. The van der Waals surface area contributed by atoms with Crippen LogP contribution >= 0.6 is 11.8 Å². The van der Waals surface area contributed by atoms with Gasteiger partial charge in [-0.25, -0.2) is 0 Å². The van der Waals surface area contributed by atoms with Crippen molar-refractivity contribution < 1.29 is 19.7 Å². The molecule has 0 aromatic heterocycles. The van der Waals surface area contributed by atoms with Gasteiger partial charge in [0.1, 0.15) is 24.5 Å². The summed E-state index contributed by atoms with van der Waals surface area (Å²) in [5.41, 5.74) is 0. The molecule has 1 aromatic rings. The molecule has 2 unspecified atom stereocenters. The third kappa shape index (κ3) is 6.79. The summed E-state index contributed by atoms with van der Waals surface area (Å²) in [6.07, 6.45) is 1.72. The molecule has 0 fully saturated rings. The average Bonchev–Trinajstić information content (AvgIpc) is 2.46. The Balaban J connectivity index is 2.27. The van der Waals surface area contributed by atoms with E-state index in [0.29, 0.717) is 12.2 Å². The molecule has 0 bridgehead atoms. The van der Waals surface area contributed by atoms with Crippen LogP contribution in [0.1, 0.15) is 6.42 Å². The molecule has 20 heavy (non-hydrogen) atoms. The van der Waals surface area contributed by atoms with Crippen LogP contribution in [-0.2, 0) is 4.79 Å². The molecule has 0 heterocycles. The SMILES string of the molecule is CSCCC(NCC(O)COc1ccccc1)C(=O)O. The van der Waals surface area contributed by atoms with E-state index in [2.05, 4.69) is 5.32 Å². The summed E-state index contributed by atoms with van der Waals surface area (Å²) in [7, 11) is 0. The van der Waals surface area contributed by atoms with Crippen LogP contribution in [0.15, 0.2) is 30.3 Å². The van der Waals surface area contributed by atoms with Crippen molar-refractivity contribution in [3.05, 3.63) is 30.3 Å². The number of benzene rings is 1. The van der Waals surface area contributed by atoms with Gasteiger partial charge in [-0.05, 0) is 30.6 Å². The summed E-state index contributed by atoms with van der Waals surface area (Å²) in [6, 6.07) is 8.56. The summed E-state index contributed by atoms with van der Waals surface area (Å²) in [6.45, 7) is 0.323. The topological polar surface area (TPSA) is 78.8 Å². The third-order valence-corrected chi connectivity index (χ3v) is 3.34. The first-order chi connectivity index (χ1) is 9.63. The maximum Gasteiger partial charge on any atom is 0.320 e. The van der Waals surface area contributed by atoms with Crippen LogP contribution in [0.2, 0.25) is 0 Å². The van der Waals surface area contributed by atoms with Gasteiger partial charge in [0.05, 0.1) is 0 Å². The van der Waals surface area contributed by atoms with Crippen LogP contribution in [0.3, 0.4) is 0 Å². The van der Waals surface area contributed by atoms with Crippen LogP contribution in [0.5, 0.6) is 5.75 Å². The van der Waals surface area contributed by atoms with E-state index in [1.54, 1.807) is 23.9 Å². The highest BCUT2D eigenvalue weighted by molar-refractivity contribution is 7.98. The van der Waals surface area contributed by atoms with Crippen LogP contribution in [0.4, 0.5) is 0 Å². The number of aliphatic carboxylic acids is 1. The van der Waals surface area contributed by atoms with Gasteiger partial charge < -0.3 is 20.3 Å². The minimum Gasteiger partial charge on any atom is -0.491 e. The molecule has 0 aliphatic carbocycles. The number of ether oxygens (including phenoxy) is 1. The van der Waals surface area contributed by atoms with Gasteiger partial charge in [-0.2, -0.15) is 11.8 Å². The zero-order valence-electron chi connectivity index (χ0n) is 11.5. The van der Waals surface area contributed by atoms with Crippen LogP contribution in [-0.4, -0.2) is 53.5 Å². The lowest BCUT2D eigenvalue weighted by Crippen LogP contribution is -2.42. The summed E-state index contributed by atoms with van der Waals surface area (Å²) in [4.78, 5) is 11.0. The minimum absolute atomic E-state index is 0.131. The fourth-order valence-corrected chi connectivity index (χ4v) is 2.07. The summed E-state index contributed by atoms with van der Waals surface area (Å²) >= 11 is 1.60. The Kier molecular flexibility index (Phi) is 8.10. The quantitative estimate of drug-likeness (QED) is 0.603. The van der Waals surface area contributed by atoms with Crippen LogP contribution < -0.4 is 10.1 Å². The first-order valence-electron chi connectivity index (χ1n) is 6.44. The number of carboxylic acid groups (broad SMARTS) is 1. The number of rotatable bonds is 10. The number of hydrogen-bond donors (Lipinski definition) is 3. The van der Waals surface area contributed by atoms with Gasteiger partial charge in [-0.15, -0.1) is 0 Å². The largest absolute Gasteiger partial charge is 0.491 e. The highest BCUT2D eigenvalue weighted by atomic mass is 32.2. The van der Waals surface area contributed by atoms with Crippen molar-refractivity contribution in [1.82, 2.24) is 5.32 Å². The van der Waals surface area contributed by atoms with Gasteiger partial charge in [0, 0.05) is 6.54 Å². The maximum absolute atomic E-state index is 11.0. The lowest BCUT2D eigenvalue weighted by atomic mass is 10.2. The molecule has 5 nitrogen and oxygen atoms in total. The highest BCUT2D eigenvalue weighted by Crippen LogP contribution is 2.08. The zero-order valence-corrected chi connectivity index (χ0v) is 12.3. The van der Waals surface area contributed by atoms with E-state index in [4.69, 9.17) is 9.84 Å². The molecule has 1 rings (SSSR count). The maximum atomic E-state index is 11.0. The van der Waals surface area contributed by atoms with Crippen molar-refractivity contribution in [1.29, 1.82) is 0 Å². The molecule has 0 saturated heterocycles. The zero-order chi connectivity index (χ0) is 14.8. The van der Waals surface area contributed by atoms with E-state index in [1.807, 2.05) is 24.5 Å². The van der Waals surface area contributed by atoms with E-state index in [9.17, 15) is 9.90 Å². The molecule has 0 aliphatic rings. The number of aliphatic hydroxyl groups excluding tert-OH is 1. The molecule has 0 aliphatic heterocycles. The highest BCUT2D eigenvalue weighted by Gasteiger charge is 2.17. The number of nitrogens with one attached hydrogen (secondary N) is 1. The number of para-hydroxylation sites is 1. The van der Waals surface area contributed by atoms with Gasteiger partial charge in [0.2, 0.25) is 0 Å². The first-order valence-corrected chi connectivity index (χ1v) is 7.84. The van der Waals surface area contributed by atoms with Crippen molar-refractivity contribution in [2.24, 2.45) is 0 Å². The van der Waals surface area contributed by atoms with E-state index in [0.717, 1.165) is 5.75 Å². The normalized spacial score (nSPS) is 13.7. The molecular formula is C14H21NO4S. The molecule has 6 heteroatoms. The fraction of sp³-hybridized carbons (Fsp3) is 0.500. The van der Waals surface area contributed by atoms with Crippen LogP contribution in [0.25, 0.3) is 0 Å². The Labute approximate surface area is 123 Å². The number of aliphatic hydroxyl groups is 1. The Morgan fingerprint density at radius 2 is 2.10 bits per heavy atom. The number of hydrogen-bond acceptors (Lipinski definition) is 5. The molecule has 0 saturated carbocycles. The Bertz CT molecular complexity index is 388. The third-order valence-electron chi connectivity index (χ3n) is 2.69. The Morgan fingerprint density at radius 3 is 2.70 bits per heavy atom.